The third kappa shape index (κ3) is 3.07. The zero-order valence-corrected chi connectivity index (χ0v) is 9.21. The maximum atomic E-state index is 13.5. The van der Waals surface area contributed by atoms with E-state index in [1.54, 1.807) is 0 Å². The van der Waals surface area contributed by atoms with Crippen molar-refractivity contribution in [2.45, 2.75) is 5.75 Å². The summed E-state index contributed by atoms with van der Waals surface area (Å²) in [5, 5.41) is 10.5. The summed E-state index contributed by atoms with van der Waals surface area (Å²) in [5.41, 5.74) is 4.69. The van der Waals surface area contributed by atoms with Gasteiger partial charge in [-0.3, -0.25) is 14.3 Å². The van der Waals surface area contributed by atoms with Gasteiger partial charge in [-0.05, 0) is 0 Å². The smallest absolute Gasteiger partial charge is 0.305 e. The highest BCUT2D eigenvalue weighted by molar-refractivity contribution is 7.84. The zero-order chi connectivity index (χ0) is 12.1. The van der Waals surface area contributed by atoms with Gasteiger partial charge in [-0.1, -0.05) is 12.1 Å². The van der Waals surface area contributed by atoms with E-state index in [1.165, 1.54) is 12.1 Å². The fourth-order valence-corrected chi connectivity index (χ4v) is 2.17. The molecule has 0 aliphatic heterocycles. The molecule has 16 heavy (non-hydrogen) atoms. The Labute approximate surface area is 94.1 Å². The molecule has 1 aromatic carbocycles. The lowest BCUT2D eigenvalue weighted by atomic mass is 10.2. The van der Waals surface area contributed by atoms with Gasteiger partial charge in [0.2, 0.25) is 5.82 Å². The van der Waals surface area contributed by atoms with E-state index in [0.717, 1.165) is 6.07 Å². The number of halogens is 1. The van der Waals surface area contributed by atoms with Crippen molar-refractivity contribution < 1.29 is 13.5 Å². The Bertz CT molecular complexity index is 425. The molecule has 0 radical (unpaired) electrons. The van der Waals surface area contributed by atoms with Gasteiger partial charge in [0, 0.05) is 34.7 Å². The number of benzene rings is 1. The molecule has 0 heterocycles. The number of nitro benzene ring substituents is 1. The van der Waals surface area contributed by atoms with E-state index in [-0.39, 0.29) is 23.6 Å². The fraction of sp³-hybridized carbons (Fsp3) is 0.333. The second-order valence-corrected chi connectivity index (χ2v) is 4.66. The number of hydrogen-bond acceptors (Lipinski definition) is 4. The molecular formula is C9H11FN2O3S. The Balaban J connectivity index is 2.93. The van der Waals surface area contributed by atoms with E-state index in [1.807, 2.05) is 0 Å². The van der Waals surface area contributed by atoms with Gasteiger partial charge in [0.05, 0.1) is 10.7 Å². The van der Waals surface area contributed by atoms with Crippen molar-refractivity contribution in [3.8, 4) is 0 Å². The predicted octanol–water partition coefficient (Wildman–Crippen LogP) is 0.941. The third-order valence-corrected chi connectivity index (χ3v) is 3.24. The summed E-state index contributed by atoms with van der Waals surface area (Å²) in [6.07, 6.45) is 0. The SMILES string of the molecule is NCCS(=O)Cc1cccc([N+](=O)[O-])c1F. The Hall–Kier alpha value is -1.34. The van der Waals surface area contributed by atoms with Crippen LogP contribution in [-0.2, 0) is 16.6 Å². The average molecular weight is 246 g/mol. The van der Waals surface area contributed by atoms with Crippen LogP contribution in [-0.4, -0.2) is 21.4 Å². The fourth-order valence-electron chi connectivity index (χ4n) is 1.20. The summed E-state index contributed by atoms with van der Waals surface area (Å²) in [4.78, 5) is 9.65. The minimum absolute atomic E-state index is 0.0509. The summed E-state index contributed by atoms with van der Waals surface area (Å²) >= 11 is 0. The lowest BCUT2D eigenvalue weighted by molar-refractivity contribution is -0.387. The first-order valence-corrected chi connectivity index (χ1v) is 6.02. The second kappa shape index (κ2) is 5.66. The van der Waals surface area contributed by atoms with Gasteiger partial charge in [0.1, 0.15) is 0 Å². The first-order chi connectivity index (χ1) is 7.56. The third-order valence-electron chi connectivity index (χ3n) is 1.92. The van der Waals surface area contributed by atoms with Crippen LogP contribution >= 0.6 is 0 Å². The standard InChI is InChI=1S/C9H11FN2O3S/c10-9-7(6-16(15)5-4-11)2-1-3-8(9)12(13)14/h1-3H,4-6,11H2. The Morgan fingerprint density at radius 2 is 2.19 bits per heavy atom. The molecule has 1 atom stereocenters. The molecule has 1 rings (SSSR count). The van der Waals surface area contributed by atoms with Gasteiger partial charge < -0.3 is 5.73 Å². The lowest BCUT2D eigenvalue weighted by Crippen LogP contribution is -2.12. The predicted molar refractivity (Wildman–Crippen MR) is 58.8 cm³/mol. The molecule has 0 saturated heterocycles. The summed E-state index contributed by atoms with van der Waals surface area (Å²) in [6, 6.07) is 3.83. The highest BCUT2D eigenvalue weighted by atomic mass is 32.2. The van der Waals surface area contributed by atoms with Crippen LogP contribution in [0.1, 0.15) is 5.56 Å². The molecular weight excluding hydrogens is 235 g/mol. The van der Waals surface area contributed by atoms with Crippen LogP contribution in [0.15, 0.2) is 18.2 Å². The maximum Gasteiger partial charge on any atom is 0.305 e. The van der Waals surface area contributed by atoms with Crippen molar-refractivity contribution in [2.75, 3.05) is 12.3 Å². The van der Waals surface area contributed by atoms with Crippen LogP contribution in [0.25, 0.3) is 0 Å². The Morgan fingerprint density at radius 1 is 1.50 bits per heavy atom. The van der Waals surface area contributed by atoms with Crippen molar-refractivity contribution >= 4 is 16.5 Å². The van der Waals surface area contributed by atoms with Gasteiger partial charge in [0.15, 0.2) is 0 Å². The van der Waals surface area contributed by atoms with Crippen LogP contribution in [0.2, 0.25) is 0 Å². The molecule has 0 aliphatic carbocycles. The quantitative estimate of drug-likeness (QED) is 0.618. The molecule has 0 bridgehead atoms. The highest BCUT2D eigenvalue weighted by Gasteiger charge is 2.18. The van der Waals surface area contributed by atoms with Crippen molar-refractivity contribution in [1.29, 1.82) is 0 Å². The van der Waals surface area contributed by atoms with E-state index in [9.17, 15) is 18.7 Å². The van der Waals surface area contributed by atoms with E-state index in [2.05, 4.69) is 0 Å². The highest BCUT2D eigenvalue weighted by Crippen LogP contribution is 2.21. The monoisotopic (exact) mass is 246 g/mol. The van der Waals surface area contributed by atoms with Gasteiger partial charge in [-0.25, -0.2) is 0 Å². The number of nitrogens with zero attached hydrogens (tertiary/aromatic N) is 1. The Morgan fingerprint density at radius 3 is 2.75 bits per heavy atom. The molecule has 0 saturated carbocycles. The number of nitrogens with two attached hydrogens (primary N) is 1. The minimum atomic E-state index is -1.29. The van der Waals surface area contributed by atoms with Crippen LogP contribution in [0, 0.1) is 15.9 Å². The van der Waals surface area contributed by atoms with Crippen molar-refractivity contribution in [3.63, 3.8) is 0 Å². The van der Waals surface area contributed by atoms with E-state index < -0.39 is 27.2 Å². The normalized spacial score (nSPS) is 12.4. The first kappa shape index (κ1) is 12.7. The molecule has 1 unspecified atom stereocenters. The largest absolute Gasteiger partial charge is 0.330 e. The molecule has 7 heteroatoms. The molecule has 0 fully saturated rings. The maximum absolute atomic E-state index is 13.5. The average Bonchev–Trinajstić information content (AvgIpc) is 2.21. The van der Waals surface area contributed by atoms with Crippen LogP contribution < -0.4 is 5.73 Å². The number of rotatable bonds is 5. The minimum Gasteiger partial charge on any atom is -0.330 e. The lowest BCUT2D eigenvalue weighted by Gasteiger charge is -2.03. The molecule has 0 spiro atoms. The zero-order valence-electron chi connectivity index (χ0n) is 8.39. The molecule has 2 N–H and O–H groups in total. The van der Waals surface area contributed by atoms with Crippen LogP contribution in [0.3, 0.4) is 0 Å². The van der Waals surface area contributed by atoms with Crippen molar-refractivity contribution in [1.82, 2.24) is 0 Å². The molecule has 0 aliphatic rings. The summed E-state index contributed by atoms with van der Waals surface area (Å²) in [6.45, 7) is 0.239. The summed E-state index contributed by atoms with van der Waals surface area (Å²) < 4.78 is 24.9. The van der Waals surface area contributed by atoms with Crippen LogP contribution in [0.5, 0.6) is 0 Å². The van der Waals surface area contributed by atoms with Gasteiger partial charge in [-0.15, -0.1) is 0 Å². The second-order valence-electron chi connectivity index (χ2n) is 3.08. The number of hydrogen-bond donors (Lipinski definition) is 1. The molecule has 0 aromatic heterocycles. The van der Waals surface area contributed by atoms with Gasteiger partial charge in [0.25, 0.3) is 0 Å². The van der Waals surface area contributed by atoms with Gasteiger partial charge >= 0.3 is 5.69 Å². The van der Waals surface area contributed by atoms with E-state index >= 15 is 0 Å². The van der Waals surface area contributed by atoms with E-state index in [0.29, 0.717) is 0 Å². The number of nitro groups is 1. The first-order valence-electron chi connectivity index (χ1n) is 4.53. The summed E-state index contributed by atoms with van der Waals surface area (Å²) in [5.74, 6) is -0.717. The topological polar surface area (TPSA) is 86.2 Å². The molecule has 88 valence electrons. The Kier molecular flexibility index (Phi) is 4.51. The molecule has 1 aromatic rings. The summed E-state index contributed by atoms with van der Waals surface area (Å²) in [7, 11) is -1.29. The van der Waals surface area contributed by atoms with E-state index in [4.69, 9.17) is 5.73 Å². The van der Waals surface area contributed by atoms with Gasteiger partial charge in [-0.2, -0.15) is 4.39 Å². The van der Waals surface area contributed by atoms with Crippen molar-refractivity contribution in [2.24, 2.45) is 5.73 Å². The van der Waals surface area contributed by atoms with Crippen molar-refractivity contribution in [3.05, 3.63) is 39.7 Å². The molecule has 5 nitrogen and oxygen atoms in total. The molecule has 0 amide bonds. The van der Waals surface area contributed by atoms with Crippen LogP contribution in [0.4, 0.5) is 10.1 Å².